The van der Waals surface area contributed by atoms with Gasteiger partial charge in [-0.15, -0.1) is 11.3 Å². The standard InChI is InChI=1S/C18H18N6S2/c1-10(15-19-9-20-24-15)21-17-14-12-4-2-3-5-13(12)26-18(14)23-16(22-17)11-6-7-25-8-11/h6-10H,2-5H2,1H3,(H,19,20,24)(H,21,22,23). The molecule has 1 aliphatic rings. The van der Waals surface area contributed by atoms with Gasteiger partial charge in [0, 0.05) is 15.8 Å². The Labute approximate surface area is 158 Å². The highest BCUT2D eigenvalue weighted by atomic mass is 32.1. The van der Waals surface area contributed by atoms with Crippen LogP contribution in [0.3, 0.4) is 0 Å². The van der Waals surface area contributed by atoms with Gasteiger partial charge in [0.25, 0.3) is 0 Å². The first-order valence-corrected chi connectivity index (χ1v) is 10.5. The minimum absolute atomic E-state index is 0.00920. The summed E-state index contributed by atoms with van der Waals surface area (Å²) < 4.78 is 0. The number of rotatable bonds is 4. The molecule has 1 unspecified atom stereocenters. The predicted molar refractivity (Wildman–Crippen MR) is 106 cm³/mol. The Morgan fingerprint density at radius 2 is 2.15 bits per heavy atom. The fraction of sp³-hybridized carbons (Fsp3) is 0.333. The Hall–Kier alpha value is -2.32. The van der Waals surface area contributed by atoms with Crippen molar-refractivity contribution < 1.29 is 0 Å². The molecule has 1 atom stereocenters. The van der Waals surface area contributed by atoms with Gasteiger partial charge in [-0.05, 0) is 49.6 Å². The molecule has 0 saturated carbocycles. The molecule has 0 saturated heterocycles. The topological polar surface area (TPSA) is 79.4 Å². The number of aryl methyl sites for hydroxylation is 2. The Kier molecular flexibility index (Phi) is 3.94. The summed E-state index contributed by atoms with van der Waals surface area (Å²) in [6.07, 6.45) is 6.31. The van der Waals surface area contributed by atoms with E-state index in [-0.39, 0.29) is 6.04 Å². The van der Waals surface area contributed by atoms with Crippen LogP contribution >= 0.6 is 22.7 Å². The monoisotopic (exact) mass is 382 g/mol. The molecule has 5 rings (SSSR count). The van der Waals surface area contributed by atoms with Crippen LogP contribution in [0.5, 0.6) is 0 Å². The smallest absolute Gasteiger partial charge is 0.163 e. The largest absolute Gasteiger partial charge is 0.360 e. The first kappa shape index (κ1) is 15.9. The normalized spacial score (nSPS) is 15.1. The molecular weight excluding hydrogens is 364 g/mol. The minimum Gasteiger partial charge on any atom is -0.360 e. The SMILES string of the molecule is CC(Nc1nc(-c2ccsc2)nc2sc3c(c12)CCCC3)c1ncn[nH]1. The van der Waals surface area contributed by atoms with E-state index in [1.807, 2.05) is 11.3 Å². The lowest BCUT2D eigenvalue weighted by atomic mass is 9.97. The van der Waals surface area contributed by atoms with Gasteiger partial charge in [-0.1, -0.05) is 0 Å². The maximum atomic E-state index is 4.90. The first-order valence-electron chi connectivity index (χ1n) is 8.76. The molecule has 0 spiro atoms. The van der Waals surface area contributed by atoms with Crippen molar-refractivity contribution in [2.45, 2.75) is 38.6 Å². The summed E-state index contributed by atoms with van der Waals surface area (Å²) in [5.41, 5.74) is 2.50. The summed E-state index contributed by atoms with van der Waals surface area (Å²) in [4.78, 5) is 16.6. The highest BCUT2D eigenvalue weighted by Crippen LogP contribution is 2.40. The Bertz CT molecular complexity index is 1040. The lowest BCUT2D eigenvalue weighted by molar-refractivity contribution is 0.700. The van der Waals surface area contributed by atoms with Gasteiger partial charge in [-0.2, -0.15) is 16.4 Å². The van der Waals surface area contributed by atoms with Crippen LogP contribution in [-0.2, 0) is 12.8 Å². The molecule has 0 aliphatic heterocycles. The van der Waals surface area contributed by atoms with Crippen LogP contribution in [0.25, 0.3) is 21.6 Å². The van der Waals surface area contributed by atoms with Crippen LogP contribution in [0.1, 0.15) is 42.1 Å². The number of hydrogen-bond acceptors (Lipinski definition) is 7. The summed E-state index contributed by atoms with van der Waals surface area (Å²) in [6.45, 7) is 2.07. The predicted octanol–water partition coefficient (Wildman–Crippen LogP) is 4.59. The van der Waals surface area contributed by atoms with Crippen LogP contribution in [0, 0.1) is 0 Å². The number of nitrogens with zero attached hydrogens (tertiary/aromatic N) is 4. The Balaban J connectivity index is 1.66. The first-order chi connectivity index (χ1) is 12.8. The number of hydrogen-bond donors (Lipinski definition) is 2. The molecule has 0 fully saturated rings. The van der Waals surface area contributed by atoms with Crippen molar-refractivity contribution in [1.29, 1.82) is 0 Å². The second kappa shape index (κ2) is 6.44. The third-order valence-electron chi connectivity index (χ3n) is 4.79. The molecule has 0 amide bonds. The summed E-state index contributed by atoms with van der Waals surface area (Å²) in [5.74, 6) is 2.49. The molecule has 4 aromatic heterocycles. The van der Waals surface area contributed by atoms with E-state index < -0.39 is 0 Å². The van der Waals surface area contributed by atoms with E-state index >= 15 is 0 Å². The van der Waals surface area contributed by atoms with E-state index in [4.69, 9.17) is 9.97 Å². The number of thiophene rings is 2. The molecule has 0 radical (unpaired) electrons. The van der Waals surface area contributed by atoms with Gasteiger partial charge in [-0.25, -0.2) is 15.0 Å². The number of anilines is 1. The highest BCUT2D eigenvalue weighted by Gasteiger charge is 2.23. The lowest BCUT2D eigenvalue weighted by Crippen LogP contribution is -2.11. The van der Waals surface area contributed by atoms with Crippen LogP contribution in [0.4, 0.5) is 5.82 Å². The number of aromatic amines is 1. The van der Waals surface area contributed by atoms with Gasteiger partial charge < -0.3 is 5.32 Å². The van der Waals surface area contributed by atoms with Gasteiger partial charge in [0.2, 0.25) is 0 Å². The minimum atomic E-state index is -0.00920. The van der Waals surface area contributed by atoms with Crippen molar-refractivity contribution >= 4 is 38.7 Å². The highest BCUT2D eigenvalue weighted by molar-refractivity contribution is 7.19. The van der Waals surface area contributed by atoms with Gasteiger partial charge >= 0.3 is 0 Å². The number of H-pyrrole nitrogens is 1. The zero-order valence-electron chi connectivity index (χ0n) is 14.3. The molecule has 1 aliphatic carbocycles. The van der Waals surface area contributed by atoms with E-state index in [1.54, 1.807) is 11.3 Å². The van der Waals surface area contributed by atoms with Crippen molar-refractivity contribution in [2.24, 2.45) is 0 Å². The Morgan fingerprint density at radius 1 is 1.23 bits per heavy atom. The second-order valence-corrected chi connectivity index (χ2v) is 8.40. The maximum Gasteiger partial charge on any atom is 0.163 e. The van der Waals surface area contributed by atoms with E-state index in [9.17, 15) is 0 Å². The molecular formula is C18H18N6S2. The number of nitrogens with one attached hydrogen (secondary N) is 2. The van der Waals surface area contributed by atoms with Crippen molar-refractivity contribution in [3.05, 3.63) is 39.4 Å². The van der Waals surface area contributed by atoms with Crippen molar-refractivity contribution in [3.63, 3.8) is 0 Å². The molecule has 26 heavy (non-hydrogen) atoms. The molecule has 6 nitrogen and oxygen atoms in total. The van der Waals surface area contributed by atoms with E-state index in [2.05, 4.69) is 44.2 Å². The Morgan fingerprint density at radius 3 is 2.96 bits per heavy atom. The fourth-order valence-corrected chi connectivity index (χ4v) is 5.38. The molecule has 2 N–H and O–H groups in total. The summed E-state index contributed by atoms with van der Waals surface area (Å²) in [7, 11) is 0. The summed E-state index contributed by atoms with van der Waals surface area (Å²) in [6, 6.07) is 2.06. The summed E-state index contributed by atoms with van der Waals surface area (Å²) >= 11 is 3.49. The van der Waals surface area contributed by atoms with Crippen LogP contribution in [0.2, 0.25) is 0 Å². The van der Waals surface area contributed by atoms with E-state index in [0.717, 1.165) is 40.7 Å². The van der Waals surface area contributed by atoms with Crippen molar-refractivity contribution in [3.8, 4) is 11.4 Å². The number of fused-ring (bicyclic) bond motifs is 3. The van der Waals surface area contributed by atoms with Crippen molar-refractivity contribution in [1.82, 2.24) is 25.1 Å². The zero-order valence-corrected chi connectivity index (χ0v) is 16.0. The average molecular weight is 383 g/mol. The van der Waals surface area contributed by atoms with Gasteiger partial charge in [0.05, 0.1) is 11.4 Å². The third-order valence-corrected chi connectivity index (χ3v) is 6.66. The fourth-order valence-electron chi connectivity index (χ4n) is 3.48. The molecule has 0 bridgehead atoms. The quantitative estimate of drug-likeness (QED) is 0.540. The molecule has 8 heteroatoms. The van der Waals surface area contributed by atoms with E-state index in [0.29, 0.717) is 0 Å². The van der Waals surface area contributed by atoms with Gasteiger partial charge in [-0.3, -0.25) is 5.10 Å². The van der Waals surface area contributed by atoms with Gasteiger partial charge in [0.15, 0.2) is 5.82 Å². The average Bonchev–Trinajstić information content (AvgIpc) is 3.40. The molecule has 4 heterocycles. The molecule has 0 aromatic carbocycles. The van der Waals surface area contributed by atoms with Crippen molar-refractivity contribution in [2.75, 3.05) is 5.32 Å². The third kappa shape index (κ3) is 2.69. The number of aromatic nitrogens is 5. The zero-order chi connectivity index (χ0) is 17.5. The van der Waals surface area contributed by atoms with E-state index in [1.165, 1.54) is 35.0 Å². The van der Waals surface area contributed by atoms with Crippen LogP contribution in [-0.4, -0.2) is 25.1 Å². The van der Waals surface area contributed by atoms with Crippen LogP contribution in [0.15, 0.2) is 23.2 Å². The van der Waals surface area contributed by atoms with Crippen LogP contribution < -0.4 is 5.32 Å². The molecule has 4 aromatic rings. The lowest BCUT2D eigenvalue weighted by Gasteiger charge is -2.16. The summed E-state index contributed by atoms with van der Waals surface area (Å²) in [5, 5.41) is 15.8. The maximum absolute atomic E-state index is 4.90. The van der Waals surface area contributed by atoms with Gasteiger partial charge in [0.1, 0.15) is 22.8 Å². The molecule has 132 valence electrons. The second-order valence-electron chi connectivity index (χ2n) is 6.54.